The van der Waals surface area contributed by atoms with E-state index >= 15 is 0 Å². The van der Waals surface area contributed by atoms with Crippen LogP contribution in [0.4, 0.5) is 4.39 Å². The summed E-state index contributed by atoms with van der Waals surface area (Å²) < 4.78 is 15.6. The lowest BCUT2D eigenvalue weighted by Gasteiger charge is -2.04. The summed E-state index contributed by atoms with van der Waals surface area (Å²) in [6.45, 7) is 0. The van der Waals surface area contributed by atoms with Crippen LogP contribution >= 0.6 is 61.1 Å². The Morgan fingerprint density at radius 3 is 2.70 bits per heavy atom. The van der Waals surface area contributed by atoms with Gasteiger partial charge in [-0.25, -0.2) is 9.37 Å². The van der Waals surface area contributed by atoms with Crippen molar-refractivity contribution in [3.05, 3.63) is 41.7 Å². The average Bonchev–Trinajstić information content (AvgIpc) is 2.77. The number of hydrogen-bond acceptors (Lipinski definition) is 2. The van der Waals surface area contributed by atoms with Crippen molar-refractivity contribution in [2.24, 2.45) is 0 Å². The normalized spacial score (nSPS) is 11.2. The lowest BCUT2D eigenvalue weighted by molar-refractivity contribution is 0.473. The highest BCUT2D eigenvalue weighted by molar-refractivity contribution is 14.1. The number of imidazole rings is 1. The molecule has 0 amide bonds. The van der Waals surface area contributed by atoms with Crippen LogP contribution in [0.15, 0.2) is 28.7 Å². The van der Waals surface area contributed by atoms with E-state index in [0.717, 1.165) is 7.14 Å². The van der Waals surface area contributed by atoms with Gasteiger partial charge in [-0.3, -0.25) is 0 Å². The molecule has 2 N–H and O–H groups in total. The number of rotatable bonds is 1. The van der Waals surface area contributed by atoms with Crippen molar-refractivity contribution < 1.29 is 9.50 Å². The molecular weight excluding hydrogens is 553 g/mol. The highest BCUT2D eigenvalue weighted by Crippen LogP contribution is 2.34. The minimum absolute atomic E-state index is 0.171. The third-order valence-corrected chi connectivity index (χ3v) is 4.86. The predicted octanol–water partition coefficient (Wildman–Crippen LogP) is 5.05. The van der Waals surface area contributed by atoms with Gasteiger partial charge in [-0.15, -0.1) is 0 Å². The van der Waals surface area contributed by atoms with E-state index in [1.54, 1.807) is 6.07 Å². The van der Waals surface area contributed by atoms with Gasteiger partial charge in [-0.1, -0.05) is 0 Å². The van der Waals surface area contributed by atoms with Gasteiger partial charge in [0.25, 0.3) is 0 Å². The molecule has 0 aliphatic rings. The summed E-state index contributed by atoms with van der Waals surface area (Å²) in [4.78, 5) is 7.45. The summed E-state index contributed by atoms with van der Waals surface area (Å²) in [5, 5.41) is 10.2. The van der Waals surface area contributed by atoms with Gasteiger partial charge in [-0.2, -0.15) is 0 Å². The first-order valence-electron chi connectivity index (χ1n) is 5.49. The maximum Gasteiger partial charge on any atom is 0.142 e. The third kappa shape index (κ3) is 2.54. The molecule has 7 heteroatoms. The van der Waals surface area contributed by atoms with Gasteiger partial charge < -0.3 is 10.1 Å². The maximum atomic E-state index is 13.5. The second-order valence-electron chi connectivity index (χ2n) is 4.15. The number of halogens is 4. The lowest BCUT2D eigenvalue weighted by atomic mass is 10.2. The molecule has 0 aliphatic heterocycles. The molecule has 2 aromatic carbocycles. The molecular formula is C13H6BrFI2N2O. The first-order chi connectivity index (χ1) is 9.45. The number of hydrogen-bond donors (Lipinski definition) is 2. The number of nitrogens with one attached hydrogen (secondary N) is 1. The van der Waals surface area contributed by atoms with Gasteiger partial charge in [0.15, 0.2) is 0 Å². The van der Waals surface area contributed by atoms with Gasteiger partial charge in [0.1, 0.15) is 17.4 Å². The first-order valence-corrected chi connectivity index (χ1v) is 8.44. The number of fused-ring (bicyclic) bond motifs is 1. The number of benzene rings is 2. The molecule has 3 aromatic rings. The number of nitrogens with zero attached hydrogens (tertiary/aromatic N) is 1. The molecule has 0 fully saturated rings. The molecule has 102 valence electrons. The van der Waals surface area contributed by atoms with E-state index in [4.69, 9.17) is 0 Å². The zero-order chi connectivity index (χ0) is 14.4. The molecule has 0 spiro atoms. The fraction of sp³-hybridized carbons (Fsp3) is 0. The Labute approximate surface area is 149 Å². The monoisotopic (exact) mass is 558 g/mol. The second kappa shape index (κ2) is 5.41. The van der Waals surface area contributed by atoms with E-state index in [0.29, 0.717) is 26.9 Å². The van der Waals surface area contributed by atoms with E-state index in [-0.39, 0.29) is 11.6 Å². The number of aromatic hydroxyl groups is 1. The molecule has 3 nitrogen and oxygen atoms in total. The van der Waals surface area contributed by atoms with E-state index in [1.807, 2.05) is 12.1 Å². The van der Waals surface area contributed by atoms with Crippen LogP contribution in [0.5, 0.6) is 5.75 Å². The SMILES string of the molecule is Oc1c(I)cc(I)cc1-c1nc2cc(Br)c(F)cc2[nH]1. The summed E-state index contributed by atoms with van der Waals surface area (Å²) in [5.41, 5.74) is 1.84. The Bertz CT molecular complexity index is 796. The Morgan fingerprint density at radius 1 is 1.20 bits per heavy atom. The van der Waals surface area contributed by atoms with Crippen LogP contribution < -0.4 is 0 Å². The number of aromatic amines is 1. The Hall–Kier alpha value is -0.420. The lowest BCUT2D eigenvalue weighted by Crippen LogP contribution is -1.86. The zero-order valence-electron chi connectivity index (χ0n) is 9.72. The highest BCUT2D eigenvalue weighted by atomic mass is 127. The average molecular weight is 559 g/mol. The second-order valence-corrected chi connectivity index (χ2v) is 7.41. The van der Waals surface area contributed by atoms with Gasteiger partial charge in [0.2, 0.25) is 0 Å². The molecule has 0 radical (unpaired) electrons. The van der Waals surface area contributed by atoms with Crippen LogP contribution in [-0.4, -0.2) is 15.1 Å². The van der Waals surface area contributed by atoms with Gasteiger partial charge in [0.05, 0.1) is 24.6 Å². The summed E-state index contributed by atoms with van der Waals surface area (Å²) in [6.07, 6.45) is 0. The molecule has 0 aliphatic carbocycles. The van der Waals surface area contributed by atoms with Crippen LogP contribution in [0.2, 0.25) is 0 Å². The van der Waals surface area contributed by atoms with E-state index in [1.165, 1.54) is 6.07 Å². The molecule has 0 bridgehead atoms. The minimum Gasteiger partial charge on any atom is -0.506 e. The standard InChI is InChI=1S/C13H6BrFI2N2O/c14-7-3-10-11(4-8(7)15)19-13(18-10)6-1-5(16)2-9(17)12(6)20/h1-4,20H,(H,18,19). The van der Waals surface area contributed by atoms with Crippen LogP contribution in [0.25, 0.3) is 22.4 Å². The minimum atomic E-state index is -0.353. The number of aromatic nitrogens is 2. The molecule has 1 aromatic heterocycles. The third-order valence-electron chi connectivity index (χ3n) is 2.81. The molecule has 0 unspecified atom stereocenters. The van der Waals surface area contributed by atoms with Gasteiger partial charge in [-0.05, 0) is 79.3 Å². The first kappa shape index (κ1) is 14.5. The fourth-order valence-corrected chi connectivity index (χ4v) is 4.05. The topological polar surface area (TPSA) is 48.9 Å². The zero-order valence-corrected chi connectivity index (χ0v) is 15.6. The van der Waals surface area contributed by atoms with Crippen molar-refractivity contribution in [1.82, 2.24) is 9.97 Å². The number of phenolic OH excluding ortho intramolecular Hbond substituents is 1. The smallest absolute Gasteiger partial charge is 0.142 e. The molecule has 0 saturated carbocycles. The molecule has 20 heavy (non-hydrogen) atoms. The van der Waals surface area contributed by atoms with Crippen molar-refractivity contribution in [1.29, 1.82) is 0 Å². The van der Waals surface area contributed by atoms with Crippen molar-refractivity contribution in [2.75, 3.05) is 0 Å². The molecule has 1 heterocycles. The Kier molecular flexibility index (Phi) is 3.93. The molecule has 0 atom stereocenters. The molecule has 3 rings (SSSR count). The number of phenols is 1. The van der Waals surface area contributed by atoms with Crippen LogP contribution in [0.1, 0.15) is 0 Å². The van der Waals surface area contributed by atoms with Crippen molar-refractivity contribution in [3.8, 4) is 17.1 Å². The summed E-state index contributed by atoms with van der Waals surface area (Å²) in [6, 6.07) is 6.70. The van der Waals surface area contributed by atoms with Crippen LogP contribution in [0, 0.1) is 13.0 Å². The Balaban J connectivity index is 2.25. The quantitative estimate of drug-likeness (QED) is 0.411. The van der Waals surface area contributed by atoms with E-state index in [2.05, 4.69) is 71.1 Å². The van der Waals surface area contributed by atoms with Crippen molar-refractivity contribution in [3.63, 3.8) is 0 Å². The highest BCUT2D eigenvalue weighted by Gasteiger charge is 2.14. The van der Waals surface area contributed by atoms with Gasteiger partial charge in [0, 0.05) is 9.64 Å². The summed E-state index contributed by atoms with van der Waals surface area (Å²) in [7, 11) is 0. The Morgan fingerprint density at radius 2 is 1.95 bits per heavy atom. The fourth-order valence-electron chi connectivity index (χ4n) is 1.88. The van der Waals surface area contributed by atoms with E-state index < -0.39 is 0 Å². The van der Waals surface area contributed by atoms with Crippen LogP contribution in [-0.2, 0) is 0 Å². The molecule has 0 saturated heterocycles. The predicted molar refractivity (Wildman–Crippen MR) is 96.3 cm³/mol. The van der Waals surface area contributed by atoms with Crippen LogP contribution in [0.3, 0.4) is 0 Å². The van der Waals surface area contributed by atoms with Crippen molar-refractivity contribution >= 4 is 72.1 Å². The van der Waals surface area contributed by atoms with Gasteiger partial charge >= 0.3 is 0 Å². The largest absolute Gasteiger partial charge is 0.506 e. The number of H-pyrrole nitrogens is 1. The van der Waals surface area contributed by atoms with E-state index in [9.17, 15) is 9.50 Å². The van der Waals surface area contributed by atoms with Crippen molar-refractivity contribution in [2.45, 2.75) is 0 Å². The maximum absolute atomic E-state index is 13.5. The summed E-state index contributed by atoms with van der Waals surface area (Å²) in [5.74, 6) is 0.338. The summed E-state index contributed by atoms with van der Waals surface area (Å²) >= 11 is 7.38.